The van der Waals surface area contributed by atoms with E-state index in [9.17, 15) is 19.5 Å². The number of aromatic nitrogens is 4. The first-order valence-electron chi connectivity index (χ1n) is 9.45. The number of thioether (sulfide) groups is 1. The number of hydrogen-bond acceptors (Lipinski definition) is 10. The Labute approximate surface area is 177 Å². The summed E-state index contributed by atoms with van der Waals surface area (Å²) in [4.78, 5) is 38.5. The fraction of sp³-hybridized carbons (Fsp3) is 0.667. The van der Waals surface area contributed by atoms with Gasteiger partial charge in [-0.3, -0.25) is 9.59 Å². The van der Waals surface area contributed by atoms with Crippen molar-refractivity contribution in [3.63, 3.8) is 0 Å². The Kier molecular flexibility index (Phi) is 6.18. The summed E-state index contributed by atoms with van der Waals surface area (Å²) < 4.78 is 11.6. The molecule has 11 nitrogen and oxygen atoms in total. The van der Waals surface area contributed by atoms with Crippen LogP contribution in [0.4, 0.5) is 0 Å². The highest BCUT2D eigenvalue weighted by molar-refractivity contribution is 7.99. The maximum absolute atomic E-state index is 12.7. The average Bonchev–Trinajstić information content (AvgIpc) is 3.19. The van der Waals surface area contributed by atoms with Gasteiger partial charge in [-0.2, -0.15) is 0 Å². The lowest BCUT2D eigenvalue weighted by atomic mass is 9.83. The summed E-state index contributed by atoms with van der Waals surface area (Å²) in [5.41, 5.74) is 0.0987. The van der Waals surface area contributed by atoms with Crippen molar-refractivity contribution in [1.29, 1.82) is 0 Å². The number of hydrogen-bond donors (Lipinski definition) is 1. The zero-order valence-electron chi connectivity index (χ0n) is 17.5. The van der Waals surface area contributed by atoms with Gasteiger partial charge in [0.1, 0.15) is 5.70 Å². The zero-order valence-corrected chi connectivity index (χ0v) is 18.3. The minimum Gasteiger partial charge on any atom is -0.427 e. The van der Waals surface area contributed by atoms with Gasteiger partial charge in [0.2, 0.25) is 17.9 Å². The SMILES string of the molecule is CC(O)C1C(=O)N2C(C(=O)OCOC(=O)C(C)(C)C)=C(CSc3nnnn3C)CC12. The first kappa shape index (κ1) is 22.2. The van der Waals surface area contributed by atoms with E-state index in [2.05, 4.69) is 15.5 Å². The van der Waals surface area contributed by atoms with Crippen LogP contribution in [0.2, 0.25) is 0 Å². The van der Waals surface area contributed by atoms with Crippen molar-refractivity contribution in [3.05, 3.63) is 11.3 Å². The number of esters is 2. The molecule has 3 atom stereocenters. The predicted molar refractivity (Wildman–Crippen MR) is 103 cm³/mol. The second-order valence-electron chi connectivity index (χ2n) is 8.30. The van der Waals surface area contributed by atoms with Crippen molar-refractivity contribution in [2.24, 2.45) is 18.4 Å². The molecule has 2 aliphatic rings. The van der Waals surface area contributed by atoms with Crippen LogP contribution in [0.5, 0.6) is 0 Å². The molecule has 30 heavy (non-hydrogen) atoms. The van der Waals surface area contributed by atoms with Crippen LogP contribution in [0.15, 0.2) is 16.4 Å². The van der Waals surface area contributed by atoms with Gasteiger partial charge in [-0.15, -0.1) is 5.10 Å². The Balaban J connectivity index is 1.73. The van der Waals surface area contributed by atoms with E-state index < -0.39 is 36.2 Å². The number of tetrazole rings is 1. The zero-order chi connectivity index (χ0) is 22.2. The summed E-state index contributed by atoms with van der Waals surface area (Å²) in [5, 5.41) is 21.7. The van der Waals surface area contributed by atoms with Crippen LogP contribution < -0.4 is 0 Å². The highest BCUT2D eigenvalue weighted by atomic mass is 32.2. The molecule has 1 fully saturated rings. The van der Waals surface area contributed by atoms with Crippen molar-refractivity contribution in [3.8, 4) is 0 Å². The summed E-state index contributed by atoms with van der Waals surface area (Å²) in [6, 6.07) is -0.301. The molecular weight excluding hydrogens is 414 g/mol. The molecule has 0 spiro atoms. The van der Waals surface area contributed by atoms with Crippen LogP contribution in [0, 0.1) is 11.3 Å². The first-order valence-corrected chi connectivity index (χ1v) is 10.4. The van der Waals surface area contributed by atoms with Crippen LogP contribution in [0.25, 0.3) is 0 Å². The van der Waals surface area contributed by atoms with Crippen molar-refractivity contribution < 1.29 is 29.0 Å². The Morgan fingerprint density at radius 2 is 2.03 bits per heavy atom. The van der Waals surface area contributed by atoms with Gasteiger partial charge in [-0.1, -0.05) is 11.8 Å². The van der Waals surface area contributed by atoms with Crippen molar-refractivity contribution in [2.45, 2.75) is 51.4 Å². The molecule has 1 amide bonds. The third-order valence-electron chi connectivity index (χ3n) is 4.96. The summed E-state index contributed by atoms with van der Waals surface area (Å²) >= 11 is 1.32. The van der Waals surface area contributed by atoms with Crippen molar-refractivity contribution >= 4 is 29.6 Å². The molecule has 1 aromatic rings. The van der Waals surface area contributed by atoms with E-state index in [0.717, 1.165) is 0 Å². The quantitative estimate of drug-likeness (QED) is 0.272. The number of fused-ring (bicyclic) bond motifs is 1. The fourth-order valence-corrected chi connectivity index (χ4v) is 4.27. The molecule has 2 aliphatic heterocycles. The van der Waals surface area contributed by atoms with Crippen LogP contribution in [-0.4, -0.2) is 72.8 Å². The fourth-order valence-electron chi connectivity index (χ4n) is 3.40. The number of ether oxygens (including phenoxy) is 2. The molecule has 1 aromatic heterocycles. The third kappa shape index (κ3) is 4.19. The molecule has 164 valence electrons. The third-order valence-corrected chi connectivity index (χ3v) is 6.06. The van der Waals surface area contributed by atoms with E-state index in [1.54, 1.807) is 34.7 Å². The molecule has 0 aliphatic carbocycles. The van der Waals surface area contributed by atoms with Crippen molar-refractivity contribution in [2.75, 3.05) is 12.5 Å². The van der Waals surface area contributed by atoms with Crippen LogP contribution in [0.1, 0.15) is 34.1 Å². The van der Waals surface area contributed by atoms with Gasteiger partial charge >= 0.3 is 11.9 Å². The lowest BCUT2D eigenvalue weighted by molar-refractivity contribution is -0.175. The second-order valence-corrected chi connectivity index (χ2v) is 9.25. The summed E-state index contributed by atoms with van der Waals surface area (Å²) in [7, 11) is 1.70. The molecule has 0 aromatic carbocycles. The Morgan fingerprint density at radius 3 is 2.60 bits per heavy atom. The van der Waals surface area contributed by atoms with Gasteiger partial charge in [0, 0.05) is 12.8 Å². The largest absolute Gasteiger partial charge is 0.427 e. The van der Waals surface area contributed by atoms with Gasteiger partial charge < -0.3 is 19.5 Å². The standard InChI is InChI=1S/C18H25N5O6S/c1-9(24)12-11-6-10(7-30-17-19-20-21-22(17)5)13(23(11)14(12)25)15(26)28-8-29-16(27)18(2,3)4/h9,11-12,24H,6-8H2,1-5H3. The van der Waals surface area contributed by atoms with Crippen LogP contribution >= 0.6 is 11.8 Å². The van der Waals surface area contributed by atoms with Gasteiger partial charge in [-0.05, 0) is 50.1 Å². The number of amides is 1. The monoisotopic (exact) mass is 439 g/mol. The minimum absolute atomic E-state index is 0.135. The molecule has 0 bridgehead atoms. The van der Waals surface area contributed by atoms with Crippen molar-refractivity contribution in [1.82, 2.24) is 25.1 Å². The molecule has 12 heteroatoms. The molecule has 1 saturated heterocycles. The van der Waals surface area contributed by atoms with E-state index in [4.69, 9.17) is 9.47 Å². The predicted octanol–water partition coefficient (Wildman–Crippen LogP) is 0.258. The topological polar surface area (TPSA) is 137 Å². The van der Waals surface area contributed by atoms with Crippen LogP contribution in [-0.2, 0) is 30.9 Å². The van der Waals surface area contributed by atoms with Gasteiger partial charge in [-0.25, -0.2) is 9.48 Å². The number of carbonyl (C=O) groups is 3. The van der Waals surface area contributed by atoms with E-state index >= 15 is 0 Å². The number of aliphatic hydroxyl groups is 1. The molecule has 3 rings (SSSR count). The number of aliphatic hydroxyl groups excluding tert-OH is 1. The van der Waals surface area contributed by atoms with Gasteiger partial charge in [0.05, 0.1) is 23.5 Å². The van der Waals surface area contributed by atoms with Crippen LogP contribution in [0.3, 0.4) is 0 Å². The lowest BCUT2D eigenvalue weighted by Crippen LogP contribution is -2.61. The minimum atomic E-state index is -0.821. The maximum Gasteiger partial charge on any atom is 0.357 e. The number of nitrogens with zero attached hydrogens (tertiary/aromatic N) is 5. The number of carbonyl (C=O) groups excluding carboxylic acids is 3. The lowest BCUT2D eigenvalue weighted by Gasteiger charge is -2.44. The van der Waals surface area contributed by atoms with Gasteiger partial charge in [0.15, 0.2) is 0 Å². The smallest absolute Gasteiger partial charge is 0.357 e. The summed E-state index contributed by atoms with van der Waals surface area (Å²) in [6.07, 6.45) is -0.384. The molecular formula is C18H25N5O6S. The number of β-lactam (4-membered cyclic amide) rings is 1. The van der Waals surface area contributed by atoms with E-state index in [1.165, 1.54) is 21.3 Å². The molecule has 0 radical (unpaired) electrons. The Bertz CT molecular complexity index is 890. The first-order chi connectivity index (χ1) is 14.0. The molecule has 0 saturated carbocycles. The Morgan fingerprint density at radius 1 is 1.33 bits per heavy atom. The van der Waals surface area contributed by atoms with Gasteiger partial charge in [0.25, 0.3) is 0 Å². The maximum atomic E-state index is 12.7. The molecule has 1 N–H and O–H groups in total. The second kappa shape index (κ2) is 8.34. The molecule has 3 unspecified atom stereocenters. The van der Waals surface area contributed by atoms with E-state index in [-0.39, 0.29) is 17.6 Å². The summed E-state index contributed by atoms with van der Waals surface area (Å²) in [6.45, 7) is 6.08. The Hall–Kier alpha value is -2.47. The summed E-state index contributed by atoms with van der Waals surface area (Å²) in [5.74, 6) is -1.77. The normalized spacial score (nSPS) is 21.9. The molecule has 3 heterocycles. The number of rotatable bonds is 7. The highest BCUT2D eigenvalue weighted by Gasteiger charge is 2.56. The van der Waals surface area contributed by atoms with E-state index in [0.29, 0.717) is 22.9 Å². The highest BCUT2D eigenvalue weighted by Crippen LogP contribution is 2.45. The average molecular weight is 439 g/mol. The van der Waals surface area contributed by atoms with E-state index in [1.807, 2.05) is 0 Å². The number of aryl methyl sites for hydroxylation is 1.